The fourth-order valence-electron chi connectivity index (χ4n) is 2.69. The molecule has 116 valence electrons. The Balaban J connectivity index is 1.82. The molecule has 0 bridgehead atoms. The number of aromatic nitrogens is 4. The lowest BCUT2D eigenvalue weighted by Crippen LogP contribution is -2.51. The number of anilines is 1. The van der Waals surface area contributed by atoms with Gasteiger partial charge in [-0.1, -0.05) is 6.07 Å². The molecule has 2 aromatic heterocycles. The summed E-state index contributed by atoms with van der Waals surface area (Å²) in [6, 6.07) is 3.58. The van der Waals surface area contributed by atoms with Gasteiger partial charge in [-0.15, -0.1) is 10.2 Å². The molecule has 0 N–H and O–H groups in total. The molecule has 0 radical (unpaired) electrons. The van der Waals surface area contributed by atoms with Gasteiger partial charge in [-0.25, -0.2) is 4.98 Å². The standard InChI is InChI=1S/C15H20N6O/c1-10-5-6-13(16-7-10)20(4)15(22)12-8-21-11(2)17-18-14(21)9-19(12)3/h5-7,12H,8-9H2,1-4H3. The minimum absolute atomic E-state index is 0.0256. The van der Waals surface area contributed by atoms with Crippen LogP contribution in [0.2, 0.25) is 0 Å². The van der Waals surface area contributed by atoms with Gasteiger partial charge in [0.05, 0.1) is 13.1 Å². The van der Waals surface area contributed by atoms with Crippen LogP contribution >= 0.6 is 0 Å². The van der Waals surface area contributed by atoms with Crippen molar-refractivity contribution in [1.29, 1.82) is 0 Å². The molecular formula is C15H20N6O. The molecule has 0 saturated carbocycles. The highest BCUT2D eigenvalue weighted by Gasteiger charge is 2.33. The van der Waals surface area contributed by atoms with Crippen LogP contribution in [0.5, 0.6) is 0 Å². The number of likely N-dealkylation sites (N-methyl/N-ethyl adjacent to an activating group) is 2. The summed E-state index contributed by atoms with van der Waals surface area (Å²) >= 11 is 0. The van der Waals surface area contributed by atoms with Crippen molar-refractivity contribution < 1.29 is 4.79 Å². The van der Waals surface area contributed by atoms with E-state index in [9.17, 15) is 4.79 Å². The van der Waals surface area contributed by atoms with Crippen LogP contribution in [0.4, 0.5) is 5.82 Å². The molecule has 3 heterocycles. The zero-order valence-electron chi connectivity index (χ0n) is 13.3. The number of rotatable bonds is 2. The Hall–Kier alpha value is -2.28. The summed E-state index contributed by atoms with van der Waals surface area (Å²) in [5.74, 6) is 2.44. The molecule has 0 saturated heterocycles. The number of hydrogen-bond acceptors (Lipinski definition) is 5. The monoisotopic (exact) mass is 300 g/mol. The number of fused-ring (bicyclic) bond motifs is 1. The van der Waals surface area contributed by atoms with Crippen molar-refractivity contribution in [2.75, 3.05) is 19.0 Å². The second-order valence-electron chi connectivity index (χ2n) is 5.80. The predicted octanol–water partition coefficient (Wildman–Crippen LogP) is 0.767. The molecular weight excluding hydrogens is 280 g/mol. The van der Waals surface area contributed by atoms with Crippen LogP contribution in [0.3, 0.4) is 0 Å². The zero-order valence-corrected chi connectivity index (χ0v) is 13.3. The van der Waals surface area contributed by atoms with Crippen molar-refractivity contribution >= 4 is 11.7 Å². The summed E-state index contributed by atoms with van der Waals surface area (Å²) in [5, 5.41) is 8.24. The predicted molar refractivity (Wildman–Crippen MR) is 82.4 cm³/mol. The van der Waals surface area contributed by atoms with E-state index in [0.29, 0.717) is 18.9 Å². The topological polar surface area (TPSA) is 67.2 Å². The first kappa shape index (κ1) is 14.6. The zero-order chi connectivity index (χ0) is 15.9. The maximum Gasteiger partial charge on any atom is 0.247 e. The lowest BCUT2D eigenvalue weighted by atomic mass is 10.1. The largest absolute Gasteiger partial charge is 0.312 e. The summed E-state index contributed by atoms with van der Waals surface area (Å²) in [6.45, 7) is 5.07. The number of amides is 1. The third-order valence-electron chi connectivity index (χ3n) is 4.15. The molecule has 2 aromatic rings. The van der Waals surface area contributed by atoms with Crippen molar-refractivity contribution in [3.63, 3.8) is 0 Å². The molecule has 1 aliphatic heterocycles. The highest BCUT2D eigenvalue weighted by atomic mass is 16.2. The molecule has 7 heteroatoms. The van der Waals surface area contributed by atoms with Gasteiger partial charge in [-0.3, -0.25) is 14.6 Å². The van der Waals surface area contributed by atoms with E-state index in [4.69, 9.17) is 0 Å². The Bertz CT molecular complexity index is 693. The Morgan fingerprint density at radius 3 is 2.77 bits per heavy atom. The molecule has 0 spiro atoms. The Labute approximate surface area is 129 Å². The quantitative estimate of drug-likeness (QED) is 0.819. The fraction of sp³-hybridized carbons (Fsp3) is 0.467. The number of carbonyl (C=O) groups excluding carboxylic acids is 1. The normalized spacial score (nSPS) is 18.1. The fourth-order valence-corrected chi connectivity index (χ4v) is 2.69. The van der Waals surface area contributed by atoms with Gasteiger partial charge in [-0.2, -0.15) is 0 Å². The number of pyridine rings is 1. The second-order valence-corrected chi connectivity index (χ2v) is 5.80. The van der Waals surface area contributed by atoms with Crippen molar-refractivity contribution in [3.8, 4) is 0 Å². The van der Waals surface area contributed by atoms with Crippen molar-refractivity contribution in [2.24, 2.45) is 0 Å². The van der Waals surface area contributed by atoms with Crippen LogP contribution in [0.25, 0.3) is 0 Å². The SMILES string of the molecule is Cc1ccc(N(C)C(=O)C2Cn3c(C)nnc3CN2C)nc1. The van der Waals surface area contributed by atoms with Crippen molar-refractivity contribution in [2.45, 2.75) is 33.0 Å². The van der Waals surface area contributed by atoms with Gasteiger partial charge in [0.25, 0.3) is 0 Å². The van der Waals surface area contributed by atoms with Crippen LogP contribution < -0.4 is 4.90 Å². The molecule has 1 atom stereocenters. The van der Waals surface area contributed by atoms with Crippen LogP contribution in [0, 0.1) is 13.8 Å². The van der Waals surface area contributed by atoms with Crippen molar-refractivity contribution in [3.05, 3.63) is 35.5 Å². The van der Waals surface area contributed by atoms with E-state index in [0.717, 1.165) is 17.2 Å². The van der Waals surface area contributed by atoms with Crippen LogP contribution in [-0.4, -0.2) is 50.7 Å². The van der Waals surface area contributed by atoms with Crippen LogP contribution in [-0.2, 0) is 17.9 Å². The Morgan fingerprint density at radius 1 is 1.32 bits per heavy atom. The second kappa shape index (κ2) is 5.49. The van der Waals surface area contributed by atoms with Crippen LogP contribution in [0.15, 0.2) is 18.3 Å². The van der Waals surface area contributed by atoms with Gasteiger partial charge in [0.15, 0.2) is 0 Å². The van der Waals surface area contributed by atoms with E-state index < -0.39 is 0 Å². The van der Waals surface area contributed by atoms with Gasteiger partial charge >= 0.3 is 0 Å². The molecule has 3 rings (SSSR count). The molecule has 1 unspecified atom stereocenters. The van der Waals surface area contributed by atoms with Gasteiger partial charge in [0.1, 0.15) is 23.5 Å². The van der Waals surface area contributed by atoms with E-state index >= 15 is 0 Å². The highest BCUT2D eigenvalue weighted by Crippen LogP contribution is 2.19. The molecule has 22 heavy (non-hydrogen) atoms. The summed E-state index contributed by atoms with van der Waals surface area (Å²) in [5.41, 5.74) is 1.07. The third kappa shape index (κ3) is 2.48. The van der Waals surface area contributed by atoms with E-state index in [1.807, 2.05) is 42.5 Å². The molecule has 0 aliphatic carbocycles. The number of carbonyl (C=O) groups is 1. The maximum atomic E-state index is 12.8. The van der Waals surface area contributed by atoms with Crippen LogP contribution in [0.1, 0.15) is 17.2 Å². The number of nitrogens with zero attached hydrogens (tertiary/aromatic N) is 6. The van der Waals surface area contributed by atoms with Gasteiger partial charge < -0.3 is 4.57 Å². The number of aryl methyl sites for hydroxylation is 2. The lowest BCUT2D eigenvalue weighted by molar-refractivity contribution is -0.124. The first-order valence-electron chi connectivity index (χ1n) is 7.26. The third-order valence-corrected chi connectivity index (χ3v) is 4.15. The Kier molecular flexibility index (Phi) is 3.66. The van der Waals surface area contributed by atoms with Gasteiger partial charge in [0.2, 0.25) is 5.91 Å². The first-order chi connectivity index (χ1) is 10.5. The summed E-state index contributed by atoms with van der Waals surface area (Å²) in [7, 11) is 3.70. The lowest BCUT2D eigenvalue weighted by Gasteiger charge is -2.34. The average molecular weight is 300 g/mol. The molecule has 7 nitrogen and oxygen atoms in total. The first-order valence-corrected chi connectivity index (χ1v) is 7.26. The molecule has 0 fully saturated rings. The number of hydrogen-bond donors (Lipinski definition) is 0. The van der Waals surface area contributed by atoms with E-state index in [1.54, 1.807) is 18.1 Å². The van der Waals surface area contributed by atoms with E-state index in [2.05, 4.69) is 15.2 Å². The molecule has 0 aromatic carbocycles. The average Bonchev–Trinajstić information content (AvgIpc) is 2.86. The summed E-state index contributed by atoms with van der Waals surface area (Å²) in [4.78, 5) is 20.8. The van der Waals surface area contributed by atoms with Gasteiger partial charge in [-0.05, 0) is 32.5 Å². The smallest absolute Gasteiger partial charge is 0.247 e. The maximum absolute atomic E-state index is 12.8. The van der Waals surface area contributed by atoms with E-state index in [1.165, 1.54) is 0 Å². The minimum Gasteiger partial charge on any atom is -0.312 e. The summed E-state index contributed by atoms with van der Waals surface area (Å²) < 4.78 is 2.01. The Morgan fingerprint density at radius 2 is 2.09 bits per heavy atom. The van der Waals surface area contributed by atoms with Gasteiger partial charge in [0, 0.05) is 13.2 Å². The molecule has 1 amide bonds. The summed E-state index contributed by atoms with van der Waals surface area (Å²) in [6.07, 6.45) is 1.77. The highest BCUT2D eigenvalue weighted by molar-refractivity contribution is 5.95. The minimum atomic E-state index is -0.240. The van der Waals surface area contributed by atoms with E-state index in [-0.39, 0.29) is 11.9 Å². The van der Waals surface area contributed by atoms with Crippen molar-refractivity contribution in [1.82, 2.24) is 24.6 Å². The molecule has 1 aliphatic rings.